The van der Waals surface area contributed by atoms with Crippen LogP contribution in [-0.4, -0.2) is 15.7 Å². The van der Waals surface area contributed by atoms with Crippen molar-refractivity contribution in [3.8, 4) is 5.75 Å². The highest BCUT2D eigenvalue weighted by Crippen LogP contribution is 2.29. The number of nitrogens with zero attached hydrogens (tertiary/aromatic N) is 2. The maximum Gasteiger partial charge on any atom is 0.131 e. The van der Waals surface area contributed by atoms with E-state index in [1.807, 2.05) is 55.9 Å². The first-order valence-electron chi connectivity index (χ1n) is 6.32. The van der Waals surface area contributed by atoms with Gasteiger partial charge in [0.05, 0.1) is 6.10 Å². The lowest BCUT2D eigenvalue weighted by atomic mass is 10.1. The number of hydrazine groups is 1. The van der Waals surface area contributed by atoms with Gasteiger partial charge in [-0.15, -0.1) is 0 Å². The average Bonchev–Trinajstić information content (AvgIpc) is 2.78. The summed E-state index contributed by atoms with van der Waals surface area (Å²) in [5.74, 6) is 7.38. The molecule has 0 fully saturated rings. The second-order valence-corrected chi connectivity index (χ2v) is 4.70. The predicted molar refractivity (Wildman–Crippen MR) is 74.6 cm³/mol. The number of nitrogens with one attached hydrogen (secondary N) is 1. The average molecular weight is 260 g/mol. The summed E-state index contributed by atoms with van der Waals surface area (Å²) in [6, 6.07) is 7.66. The van der Waals surface area contributed by atoms with Crippen LogP contribution in [0.1, 0.15) is 31.3 Å². The Bertz CT molecular complexity index is 536. The van der Waals surface area contributed by atoms with E-state index in [9.17, 15) is 0 Å². The molecule has 1 unspecified atom stereocenters. The van der Waals surface area contributed by atoms with Crippen LogP contribution in [0.4, 0.5) is 0 Å². The number of para-hydroxylation sites is 1. The number of aromatic nitrogens is 2. The zero-order valence-corrected chi connectivity index (χ0v) is 11.5. The summed E-state index contributed by atoms with van der Waals surface area (Å²) in [4.78, 5) is 4.35. The molecule has 0 aliphatic heterocycles. The minimum absolute atomic E-state index is 0.112. The third-order valence-electron chi connectivity index (χ3n) is 2.88. The Morgan fingerprint density at radius 1 is 1.32 bits per heavy atom. The molecule has 0 spiro atoms. The fourth-order valence-corrected chi connectivity index (χ4v) is 2.04. The summed E-state index contributed by atoms with van der Waals surface area (Å²) in [6.07, 6.45) is 3.76. The lowest BCUT2D eigenvalue weighted by molar-refractivity contribution is 0.238. The lowest BCUT2D eigenvalue weighted by Crippen LogP contribution is -2.31. The second kappa shape index (κ2) is 5.86. The van der Waals surface area contributed by atoms with Gasteiger partial charge >= 0.3 is 0 Å². The first-order valence-corrected chi connectivity index (χ1v) is 6.32. The van der Waals surface area contributed by atoms with Crippen LogP contribution in [0.2, 0.25) is 0 Å². The topological polar surface area (TPSA) is 65.1 Å². The van der Waals surface area contributed by atoms with Crippen LogP contribution in [0.15, 0.2) is 36.7 Å². The molecule has 19 heavy (non-hydrogen) atoms. The second-order valence-electron chi connectivity index (χ2n) is 4.70. The number of benzene rings is 1. The van der Waals surface area contributed by atoms with Crippen molar-refractivity contribution in [1.82, 2.24) is 15.0 Å². The van der Waals surface area contributed by atoms with Crippen LogP contribution in [0.25, 0.3) is 0 Å². The van der Waals surface area contributed by atoms with Gasteiger partial charge in [0, 0.05) is 25.0 Å². The van der Waals surface area contributed by atoms with Crippen molar-refractivity contribution in [3.05, 3.63) is 48.0 Å². The zero-order chi connectivity index (χ0) is 13.8. The molecule has 1 atom stereocenters. The van der Waals surface area contributed by atoms with Crippen molar-refractivity contribution in [2.75, 3.05) is 0 Å². The summed E-state index contributed by atoms with van der Waals surface area (Å²) in [6.45, 7) is 4.00. The van der Waals surface area contributed by atoms with Crippen molar-refractivity contribution in [2.24, 2.45) is 12.9 Å². The molecular weight excluding hydrogens is 240 g/mol. The van der Waals surface area contributed by atoms with E-state index in [-0.39, 0.29) is 12.1 Å². The summed E-state index contributed by atoms with van der Waals surface area (Å²) < 4.78 is 7.77. The number of aryl methyl sites for hydroxylation is 1. The zero-order valence-electron chi connectivity index (χ0n) is 11.5. The molecule has 0 amide bonds. The van der Waals surface area contributed by atoms with E-state index in [0.717, 1.165) is 17.1 Å². The number of ether oxygens (including phenoxy) is 1. The van der Waals surface area contributed by atoms with Crippen molar-refractivity contribution in [3.63, 3.8) is 0 Å². The Kier molecular flexibility index (Phi) is 4.19. The van der Waals surface area contributed by atoms with Gasteiger partial charge < -0.3 is 9.30 Å². The van der Waals surface area contributed by atoms with Gasteiger partial charge in [0.25, 0.3) is 0 Å². The van der Waals surface area contributed by atoms with Crippen LogP contribution < -0.4 is 16.0 Å². The van der Waals surface area contributed by atoms with Crippen LogP contribution in [0.5, 0.6) is 5.75 Å². The molecule has 2 aromatic rings. The molecule has 0 saturated heterocycles. The Morgan fingerprint density at radius 3 is 2.63 bits per heavy atom. The largest absolute Gasteiger partial charge is 0.491 e. The summed E-state index contributed by atoms with van der Waals surface area (Å²) >= 11 is 0. The maximum atomic E-state index is 5.83. The number of hydrogen-bond donors (Lipinski definition) is 2. The smallest absolute Gasteiger partial charge is 0.131 e. The first-order chi connectivity index (χ1) is 9.13. The quantitative estimate of drug-likeness (QED) is 0.635. The van der Waals surface area contributed by atoms with Crippen molar-refractivity contribution < 1.29 is 4.74 Å². The van der Waals surface area contributed by atoms with Gasteiger partial charge in [-0.2, -0.15) is 0 Å². The van der Waals surface area contributed by atoms with Gasteiger partial charge in [-0.25, -0.2) is 10.4 Å². The Morgan fingerprint density at radius 2 is 2.05 bits per heavy atom. The van der Waals surface area contributed by atoms with Gasteiger partial charge in [-0.05, 0) is 19.9 Å². The number of imidazole rings is 1. The van der Waals surface area contributed by atoms with E-state index in [4.69, 9.17) is 10.6 Å². The fourth-order valence-electron chi connectivity index (χ4n) is 2.04. The molecule has 102 valence electrons. The van der Waals surface area contributed by atoms with Gasteiger partial charge in [0.15, 0.2) is 0 Å². The molecule has 1 aromatic heterocycles. The van der Waals surface area contributed by atoms with E-state index < -0.39 is 0 Å². The molecule has 1 aromatic carbocycles. The Balaban J connectivity index is 2.41. The summed E-state index contributed by atoms with van der Waals surface area (Å²) in [7, 11) is 1.94. The molecule has 5 nitrogen and oxygen atoms in total. The molecule has 0 aliphatic rings. The normalized spacial score (nSPS) is 12.7. The first kappa shape index (κ1) is 13.6. The van der Waals surface area contributed by atoms with Gasteiger partial charge in [-0.1, -0.05) is 18.2 Å². The highest BCUT2D eigenvalue weighted by atomic mass is 16.5. The van der Waals surface area contributed by atoms with Crippen molar-refractivity contribution >= 4 is 0 Å². The van der Waals surface area contributed by atoms with Crippen LogP contribution in [0.3, 0.4) is 0 Å². The summed E-state index contributed by atoms with van der Waals surface area (Å²) in [5.41, 5.74) is 3.79. The van der Waals surface area contributed by atoms with Crippen LogP contribution in [-0.2, 0) is 7.05 Å². The van der Waals surface area contributed by atoms with E-state index in [2.05, 4.69) is 10.4 Å². The Hall–Kier alpha value is -1.85. The molecule has 0 bridgehead atoms. The third kappa shape index (κ3) is 2.94. The third-order valence-corrected chi connectivity index (χ3v) is 2.88. The van der Waals surface area contributed by atoms with E-state index in [0.29, 0.717) is 0 Å². The fraction of sp³-hybridized carbons (Fsp3) is 0.357. The molecule has 1 heterocycles. The molecule has 0 saturated carbocycles. The van der Waals surface area contributed by atoms with Gasteiger partial charge in [-0.3, -0.25) is 5.84 Å². The molecule has 3 N–H and O–H groups in total. The molecule has 5 heteroatoms. The van der Waals surface area contributed by atoms with Gasteiger partial charge in [0.1, 0.15) is 17.6 Å². The molecule has 2 rings (SSSR count). The monoisotopic (exact) mass is 260 g/mol. The number of rotatable bonds is 5. The van der Waals surface area contributed by atoms with Crippen molar-refractivity contribution in [1.29, 1.82) is 0 Å². The Labute approximate surface area is 113 Å². The highest BCUT2D eigenvalue weighted by Gasteiger charge is 2.20. The SMILES string of the molecule is CC(C)Oc1ccccc1C(NN)c1nccn1C. The van der Waals surface area contributed by atoms with Crippen LogP contribution >= 0.6 is 0 Å². The maximum absolute atomic E-state index is 5.83. The highest BCUT2D eigenvalue weighted by molar-refractivity contribution is 5.39. The minimum Gasteiger partial charge on any atom is -0.491 e. The predicted octanol–water partition coefficient (Wildman–Crippen LogP) is 1.76. The minimum atomic E-state index is -0.199. The summed E-state index contributed by atoms with van der Waals surface area (Å²) in [5, 5.41) is 0. The van der Waals surface area contributed by atoms with Crippen molar-refractivity contribution in [2.45, 2.75) is 26.0 Å². The van der Waals surface area contributed by atoms with E-state index in [1.54, 1.807) is 6.20 Å². The van der Waals surface area contributed by atoms with E-state index >= 15 is 0 Å². The number of hydrogen-bond acceptors (Lipinski definition) is 4. The van der Waals surface area contributed by atoms with E-state index in [1.165, 1.54) is 0 Å². The van der Waals surface area contributed by atoms with Gasteiger partial charge in [0.2, 0.25) is 0 Å². The molecular formula is C14H20N4O. The number of nitrogens with two attached hydrogens (primary N) is 1. The lowest BCUT2D eigenvalue weighted by Gasteiger charge is -2.21. The van der Waals surface area contributed by atoms with Crippen LogP contribution in [0, 0.1) is 0 Å². The molecule has 0 radical (unpaired) electrons. The standard InChI is InChI=1S/C14H20N4O/c1-10(2)19-12-7-5-4-6-11(12)13(17-15)14-16-8-9-18(14)3/h4-10,13,17H,15H2,1-3H3. The molecule has 0 aliphatic carbocycles.